The Morgan fingerprint density at radius 2 is 2.00 bits per heavy atom. The minimum atomic E-state index is -1.01. The Labute approximate surface area is 187 Å². The first-order chi connectivity index (χ1) is 16.1. The average molecular weight is 444 g/mol. The molecule has 12 nitrogen and oxygen atoms in total. The molecule has 0 aliphatic carbocycles. The van der Waals surface area contributed by atoms with E-state index in [0.29, 0.717) is 18.0 Å². The van der Waals surface area contributed by atoms with Crippen LogP contribution in [-0.2, 0) is 24.9 Å². The third-order valence-electron chi connectivity index (χ3n) is 5.03. The molecule has 0 bridgehead atoms. The molecular formula is C21H20N10O2. The number of carboxylic acids is 1. The van der Waals surface area contributed by atoms with Crippen LogP contribution in [0.15, 0.2) is 61.6 Å². The molecular weight excluding hydrogens is 424 g/mol. The van der Waals surface area contributed by atoms with Crippen molar-refractivity contribution in [1.29, 1.82) is 0 Å². The molecule has 0 saturated heterocycles. The number of aryl methyl sites for hydroxylation is 1. The summed E-state index contributed by atoms with van der Waals surface area (Å²) < 4.78 is 4.68. The number of benzene rings is 1. The topological polar surface area (TPSA) is 141 Å². The van der Waals surface area contributed by atoms with Crippen LogP contribution in [0.4, 0.5) is 11.8 Å². The highest BCUT2D eigenvalue weighted by Gasteiger charge is 2.12. The van der Waals surface area contributed by atoms with E-state index in [2.05, 4.69) is 48.0 Å². The standard InChI is InChI=1S/C21H20N10O2/c1-29-10-16(9-26-29)15-4-2-3-14(7-15)8-22-19-17-5-6-30(20(17)24-12-23-19)28-21-25-13-27-31(21)11-18(32)33/h2-7,9-10,12-13H,8,11H2,1H3,(H,32,33)(H,22,23,24)(H,25,27,28). The molecule has 5 rings (SSSR count). The molecule has 12 heteroatoms. The summed E-state index contributed by atoms with van der Waals surface area (Å²) >= 11 is 0. The highest BCUT2D eigenvalue weighted by Crippen LogP contribution is 2.23. The Hall–Kier alpha value is -4.74. The molecule has 5 aromatic rings. The number of anilines is 2. The number of fused-ring (bicyclic) bond motifs is 1. The summed E-state index contributed by atoms with van der Waals surface area (Å²) in [5, 5.41) is 21.4. The van der Waals surface area contributed by atoms with Crippen LogP contribution in [0.25, 0.3) is 22.2 Å². The van der Waals surface area contributed by atoms with Gasteiger partial charge < -0.3 is 10.4 Å². The van der Waals surface area contributed by atoms with E-state index in [4.69, 9.17) is 5.11 Å². The van der Waals surface area contributed by atoms with Crippen molar-refractivity contribution in [2.24, 2.45) is 7.05 Å². The van der Waals surface area contributed by atoms with E-state index >= 15 is 0 Å². The average Bonchev–Trinajstić information content (AvgIpc) is 3.54. The lowest BCUT2D eigenvalue weighted by molar-refractivity contribution is -0.137. The van der Waals surface area contributed by atoms with Crippen LogP contribution in [-0.4, -0.2) is 50.3 Å². The van der Waals surface area contributed by atoms with Crippen LogP contribution in [0.5, 0.6) is 0 Å². The van der Waals surface area contributed by atoms with Crippen molar-refractivity contribution in [2.75, 3.05) is 10.7 Å². The largest absolute Gasteiger partial charge is 0.480 e. The first kappa shape index (κ1) is 20.2. The fourth-order valence-electron chi connectivity index (χ4n) is 3.50. The summed E-state index contributed by atoms with van der Waals surface area (Å²) in [7, 11) is 1.90. The van der Waals surface area contributed by atoms with Gasteiger partial charge >= 0.3 is 5.97 Å². The van der Waals surface area contributed by atoms with Gasteiger partial charge in [0.15, 0.2) is 5.65 Å². The normalized spacial score (nSPS) is 11.1. The Morgan fingerprint density at radius 1 is 1.09 bits per heavy atom. The summed E-state index contributed by atoms with van der Waals surface area (Å²) in [6.07, 6.45) is 8.35. The van der Waals surface area contributed by atoms with Gasteiger partial charge in [-0.05, 0) is 23.3 Å². The van der Waals surface area contributed by atoms with Crippen molar-refractivity contribution in [2.45, 2.75) is 13.1 Å². The van der Waals surface area contributed by atoms with E-state index in [-0.39, 0.29) is 12.5 Å². The molecule has 4 aromatic heterocycles. The van der Waals surface area contributed by atoms with Gasteiger partial charge in [0, 0.05) is 31.5 Å². The minimum Gasteiger partial charge on any atom is -0.480 e. The lowest BCUT2D eigenvalue weighted by Crippen LogP contribution is -2.17. The maximum atomic E-state index is 11.0. The smallest absolute Gasteiger partial charge is 0.325 e. The van der Waals surface area contributed by atoms with Crippen LogP contribution in [0, 0.1) is 0 Å². The van der Waals surface area contributed by atoms with Crippen molar-refractivity contribution < 1.29 is 9.90 Å². The maximum absolute atomic E-state index is 11.0. The quantitative estimate of drug-likeness (QED) is 0.328. The Morgan fingerprint density at radius 3 is 2.82 bits per heavy atom. The van der Waals surface area contributed by atoms with E-state index in [0.717, 1.165) is 22.1 Å². The number of hydrogen-bond donors (Lipinski definition) is 3. The third-order valence-corrected chi connectivity index (χ3v) is 5.03. The molecule has 33 heavy (non-hydrogen) atoms. The molecule has 0 atom stereocenters. The summed E-state index contributed by atoms with van der Waals surface area (Å²) in [4.78, 5) is 23.8. The maximum Gasteiger partial charge on any atom is 0.325 e. The number of carboxylic acid groups (broad SMARTS) is 1. The molecule has 0 unspecified atom stereocenters. The number of aliphatic carboxylic acids is 1. The number of aromatic nitrogens is 8. The number of nitrogens with zero attached hydrogens (tertiary/aromatic N) is 8. The van der Waals surface area contributed by atoms with E-state index in [1.165, 1.54) is 17.3 Å². The predicted molar refractivity (Wildman–Crippen MR) is 120 cm³/mol. The molecule has 166 valence electrons. The van der Waals surface area contributed by atoms with Crippen LogP contribution in [0.1, 0.15) is 5.56 Å². The van der Waals surface area contributed by atoms with E-state index in [1.54, 1.807) is 15.6 Å². The summed E-state index contributed by atoms with van der Waals surface area (Å²) in [6, 6.07) is 10.1. The fourth-order valence-corrected chi connectivity index (χ4v) is 3.50. The van der Waals surface area contributed by atoms with Gasteiger partial charge in [0.2, 0.25) is 5.95 Å². The molecule has 0 spiro atoms. The molecule has 3 N–H and O–H groups in total. The molecule has 0 fully saturated rings. The summed E-state index contributed by atoms with van der Waals surface area (Å²) in [6.45, 7) is 0.271. The third kappa shape index (κ3) is 4.21. The molecule has 4 heterocycles. The fraction of sp³-hybridized carbons (Fsp3) is 0.143. The second kappa shape index (κ2) is 8.42. The van der Waals surface area contributed by atoms with Gasteiger partial charge in [0.1, 0.15) is 25.0 Å². The second-order valence-corrected chi connectivity index (χ2v) is 7.35. The van der Waals surface area contributed by atoms with Gasteiger partial charge in [0.05, 0.1) is 11.6 Å². The molecule has 0 saturated carbocycles. The van der Waals surface area contributed by atoms with Crippen molar-refractivity contribution in [1.82, 2.24) is 39.2 Å². The van der Waals surface area contributed by atoms with Gasteiger partial charge in [0.25, 0.3) is 0 Å². The summed E-state index contributed by atoms with van der Waals surface area (Å²) in [5.41, 5.74) is 6.89. The van der Waals surface area contributed by atoms with Crippen molar-refractivity contribution in [3.05, 3.63) is 67.1 Å². The van der Waals surface area contributed by atoms with Gasteiger partial charge in [-0.2, -0.15) is 15.2 Å². The lowest BCUT2D eigenvalue weighted by atomic mass is 10.1. The highest BCUT2D eigenvalue weighted by atomic mass is 16.4. The van der Waals surface area contributed by atoms with Gasteiger partial charge in [-0.1, -0.05) is 18.2 Å². The zero-order valence-corrected chi connectivity index (χ0v) is 17.6. The SMILES string of the molecule is Cn1cc(-c2cccc(CNc3ncnc4c3ccn4Nc3ncnn3CC(=O)O)c2)cn1. The zero-order valence-electron chi connectivity index (χ0n) is 17.6. The Balaban J connectivity index is 1.35. The van der Waals surface area contributed by atoms with Crippen LogP contribution < -0.4 is 10.7 Å². The van der Waals surface area contributed by atoms with E-state index in [1.807, 2.05) is 37.6 Å². The van der Waals surface area contributed by atoms with Gasteiger partial charge in [-0.25, -0.2) is 19.3 Å². The monoisotopic (exact) mass is 444 g/mol. The molecule has 0 aliphatic heterocycles. The first-order valence-electron chi connectivity index (χ1n) is 10.1. The zero-order chi connectivity index (χ0) is 22.8. The molecule has 0 aliphatic rings. The number of rotatable bonds is 8. The van der Waals surface area contributed by atoms with Crippen LogP contribution in [0.2, 0.25) is 0 Å². The number of carbonyl (C=O) groups is 1. The van der Waals surface area contributed by atoms with Crippen molar-refractivity contribution in [3.63, 3.8) is 0 Å². The molecule has 0 radical (unpaired) electrons. The number of nitrogens with one attached hydrogen (secondary N) is 2. The van der Waals surface area contributed by atoms with Crippen molar-refractivity contribution >= 4 is 28.8 Å². The van der Waals surface area contributed by atoms with Gasteiger partial charge in [-0.15, -0.1) is 0 Å². The van der Waals surface area contributed by atoms with Gasteiger partial charge in [-0.3, -0.25) is 14.9 Å². The highest BCUT2D eigenvalue weighted by molar-refractivity contribution is 5.87. The van der Waals surface area contributed by atoms with Crippen LogP contribution >= 0.6 is 0 Å². The Bertz CT molecular complexity index is 1430. The second-order valence-electron chi connectivity index (χ2n) is 7.35. The summed E-state index contributed by atoms with van der Waals surface area (Å²) in [5.74, 6) is -0.0445. The number of hydrogen-bond acceptors (Lipinski definition) is 8. The Kier molecular flexibility index (Phi) is 5.15. The lowest BCUT2D eigenvalue weighted by Gasteiger charge is -2.10. The van der Waals surface area contributed by atoms with E-state index < -0.39 is 5.97 Å². The molecule has 0 amide bonds. The van der Waals surface area contributed by atoms with Crippen LogP contribution in [0.3, 0.4) is 0 Å². The molecule has 1 aromatic carbocycles. The van der Waals surface area contributed by atoms with E-state index in [9.17, 15) is 4.79 Å². The van der Waals surface area contributed by atoms with Crippen molar-refractivity contribution in [3.8, 4) is 11.1 Å². The predicted octanol–water partition coefficient (Wildman–Crippen LogP) is 2.00. The minimum absolute atomic E-state index is 0.287. The first-order valence-corrected chi connectivity index (χ1v) is 10.1.